The van der Waals surface area contributed by atoms with Gasteiger partial charge in [0.1, 0.15) is 0 Å². The Balaban J connectivity index is 1.83. The van der Waals surface area contributed by atoms with Gasteiger partial charge in [-0.3, -0.25) is 14.3 Å². The first-order valence-corrected chi connectivity index (χ1v) is 12.1. The molecule has 0 spiro atoms. The van der Waals surface area contributed by atoms with Crippen LogP contribution in [-0.4, -0.2) is 43.3 Å². The van der Waals surface area contributed by atoms with Crippen LogP contribution in [0.25, 0.3) is 23.0 Å². The Morgan fingerprint density at radius 3 is 2.48 bits per heavy atom. The maximum atomic E-state index is 12.1. The Hall–Kier alpha value is -3.92. The number of carbonyl (C=O) groups is 2. The van der Waals surface area contributed by atoms with Gasteiger partial charge in [-0.05, 0) is 54.3 Å². The Labute approximate surface area is 191 Å². The average Bonchev–Trinajstić information content (AvgIpc) is 3.17. The Morgan fingerprint density at radius 1 is 1.12 bits per heavy atom. The van der Waals surface area contributed by atoms with E-state index >= 15 is 0 Å². The number of amides is 2. The van der Waals surface area contributed by atoms with Gasteiger partial charge in [-0.2, -0.15) is 5.10 Å². The van der Waals surface area contributed by atoms with Crippen LogP contribution in [0.3, 0.4) is 0 Å². The SMILES string of the molecule is CNC(=O)C=Cc1ccc(-n2nc(C(N)=O)c3c2-c2cc(NS(C)(=O)=O)ccc2CC3)cc1. The van der Waals surface area contributed by atoms with Crippen molar-refractivity contribution in [3.05, 3.63) is 70.9 Å². The second-order valence-electron chi connectivity index (χ2n) is 7.74. The Bertz CT molecular complexity index is 1390. The van der Waals surface area contributed by atoms with Gasteiger partial charge < -0.3 is 11.1 Å². The summed E-state index contributed by atoms with van der Waals surface area (Å²) in [6.07, 6.45) is 5.48. The molecule has 0 fully saturated rings. The highest BCUT2D eigenvalue weighted by molar-refractivity contribution is 7.92. The van der Waals surface area contributed by atoms with Gasteiger partial charge in [0.05, 0.1) is 17.6 Å². The smallest absolute Gasteiger partial charge is 0.269 e. The van der Waals surface area contributed by atoms with Crippen molar-refractivity contribution in [2.45, 2.75) is 12.8 Å². The number of nitrogens with two attached hydrogens (primary N) is 1. The summed E-state index contributed by atoms with van der Waals surface area (Å²) in [5.74, 6) is -0.828. The van der Waals surface area contributed by atoms with Crippen LogP contribution < -0.4 is 15.8 Å². The van der Waals surface area contributed by atoms with Crippen LogP contribution in [0.4, 0.5) is 5.69 Å². The van der Waals surface area contributed by atoms with Gasteiger partial charge >= 0.3 is 0 Å². The number of sulfonamides is 1. The topological polar surface area (TPSA) is 136 Å². The van der Waals surface area contributed by atoms with Gasteiger partial charge in [0.2, 0.25) is 15.9 Å². The summed E-state index contributed by atoms with van der Waals surface area (Å²) >= 11 is 0. The van der Waals surface area contributed by atoms with Crippen molar-refractivity contribution in [2.75, 3.05) is 18.0 Å². The lowest BCUT2D eigenvalue weighted by atomic mass is 9.88. The first-order valence-electron chi connectivity index (χ1n) is 10.2. The molecular weight excluding hydrogens is 442 g/mol. The van der Waals surface area contributed by atoms with Crippen LogP contribution in [0.5, 0.6) is 0 Å². The monoisotopic (exact) mass is 465 g/mol. The minimum Gasteiger partial charge on any atom is -0.364 e. The molecule has 1 heterocycles. The standard InChI is InChI=1S/C23H23N5O4S/c1-25-20(29)12-5-14-3-9-17(10-4-14)28-22-18(21(26-28)23(24)30)11-7-15-6-8-16(13-19(15)22)27-33(2,31)32/h3-6,8-10,12-13,27H,7,11H2,1-2H3,(H2,24,30)(H,25,29). The predicted molar refractivity (Wildman–Crippen MR) is 126 cm³/mol. The molecule has 2 aromatic carbocycles. The van der Waals surface area contributed by atoms with Gasteiger partial charge in [0.25, 0.3) is 5.91 Å². The van der Waals surface area contributed by atoms with Crippen molar-refractivity contribution in [2.24, 2.45) is 5.73 Å². The highest BCUT2D eigenvalue weighted by Crippen LogP contribution is 2.38. The number of nitrogens with one attached hydrogen (secondary N) is 2. The molecule has 2 amide bonds. The van der Waals surface area contributed by atoms with Crippen LogP contribution in [0.1, 0.15) is 27.2 Å². The maximum Gasteiger partial charge on any atom is 0.269 e. The molecular formula is C23H23N5O4S. The minimum atomic E-state index is -3.45. The second kappa shape index (κ2) is 8.55. The highest BCUT2D eigenvalue weighted by Gasteiger charge is 2.28. The number of anilines is 1. The van der Waals surface area contributed by atoms with E-state index in [1.54, 1.807) is 29.9 Å². The van der Waals surface area contributed by atoms with Crippen molar-refractivity contribution in [3.8, 4) is 16.9 Å². The number of hydrogen-bond donors (Lipinski definition) is 3. The van der Waals surface area contributed by atoms with Crippen molar-refractivity contribution in [1.82, 2.24) is 15.1 Å². The van der Waals surface area contributed by atoms with E-state index in [1.165, 1.54) is 6.08 Å². The molecule has 4 N–H and O–H groups in total. The van der Waals surface area contributed by atoms with E-state index in [1.807, 2.05) is 30.3 Å². The van der Waals surface area contributed by atoms with Crippen LogP contribution in [0.15, 0.2) is 48.5 Å². The minimum absolute atomic E-state index is 0.195. The summed E-state index contributed by atoms with van der Waals surface area (Å²) in [4.78, 5) is 23.6. The molecule has 33 heavy (non-hydrogen) atoms. The van der Waals surface area contributed by atoms with Crippen LogP contribution >= 0.6 is 0 Å². The fraction of sp³-hybridized carbons (Fsp3) is 0.174. The number of aromatic nitrogens is 2. The molecule has 0 unspecified atom stereocenters. The Kier molecular flexibility index (Phi) is 5.77. The predicted octanol–water partition coefficient (Wildman–Crippen LogP) is 1.87. The van der Waals surface area contributed by atoms with Crippen molar-refractivity contribution >= 4 is 33.6 Å². The van der Waals surface area contributed by atoms with Crippen LogP contribution in [0.2, 0.25) is 0 Å². The third-order valence-corrected chi connectivity index (χ3v) is 5.95. The first-order chi connectivity index (χ1) is 15.7. The summed E-state index contributed by atoms with van der Waals surface area (Å²) in [6.45, 7) is 0. The molecule has 170 valence electrons. The number of rotatable bonds is 6. The molecule has 0 saturated carbocycles. The number of likely N-dealkylation sites (N-methyl/N-ethyl adjacent to an activating group) is 1. The number of fused-ring (bicyclic) bond motifs is 3. The summed E-state index contributed by atoms with van der Waals surface area (Å²) in [7, 11) is -1.89. The summed E-state index contributed by atoms with van der Waals surface area (Å²) in [5.41, 5.74) is 11.0. The van der Waals surface area contributed by atoms with Crippen molar-refractivity contribution < 1.29 is 18.0 Å². The van der Waals surface area contributed by atoms with Gasteiger partial charge in [0, 0.05) is 29.9 Å². The molecule has 10 heteroatoms. The lowest BCUT2D eigenvalue weighted by molar-refractivity contribution is -0.115. The zero-order chi connectivity index (χ0) is 23.8. The number of benzene rings is 2. The molecule has 1 aliphatic rings. The molecule has 4 rings (SSSR count). The van der Waals surface area contributed by atoms with Crippen LogP contribution in [-0.2, 0) is 27.7 Å². The summed E-state index contributed by atoms with van der Waals surface area (Å²) in [6, 6.07) is 12.7. The molecule has 0 saturated heterocycles. The first kappa shape index (κ1) is 22.3. The number of hydrogen-bond acceptors (Lipinski definition) is 5. The fourth-order valence-electron chi connectivity index (χ4n) is 3.88. The zero-order valence-corrected chi connectivity index (χ0v) is 18.9. The van der Waals surface area contributed by atoms with Gasteiger partial charge in [0.15, 0.2) is 5.69 Å². The van der Waals surface area contributed by atoms with E-state index in [-0.39, 0.29) is 11.6 Å². The third-order valence-electron chi connectivity index (χ3n) is 5.34. The van der Waals surface area contributed by atoms with Crippen molar-refractivity contribution in [3.63, 3.8) is 0 Å². The third kappa shape index (κ3) is 4.65. The molecule has 0 atom stereocenters. The van der Waals surface area contributed by atoms with E-state index in [2.05, 4.69) is 15.1 Å². The van der Waals surface area contributed by atoms with Gasteiger partial charge in [-0.1, -0.05) is 18.2 Å². The maximum absolute atomic E-state index is 12.1. The van der Waals surface area contributed by atoms with Gasteiger partial charge in [-0.15, -0.1) is 0 Å². The quantitative estimate of drug-likeness (QED) is 0.478. The van der Waals surface area contributed by atoms with E-state index in [0.717, 1.165) is 28.5 Å². The van der Waals surface area contributed by atoms with E-state index in [9.17, 15) is 18.0 Å². The fourth-order valence-corrected chi connectivity index (χ4v) is 4.44. The average molecular weight is 466 g/mol. The molecule has 0 bridgehead atoms. The molecule has 3 aromatic rings. The lowest BCUT2D eigenvalue weighted by Crippen LogP contribution is -2.15. The molecule has 1 aliphatic carbocycles. The second-order valence-corrected chi connectivity index (χ2v) is 9.49. The van der Waals surface area contributed by atoms with E-state index in [4.69, 9.17) is 5.73 Å². The van der Waals surface area contributed by atoms with Gasteiger partial charge in [-0.25, -0.2) is 13.1 Å². The number of carbonyl (C=O) groups excluding carboxylic acids is 2. The number of nitrogens with zero attached hydrogens (tertiary/aromatic N) is 2. The van der Waals surface area contributed by atoms with E-state index in [0.29, 0.717) is 29.9 Å². The zero-order valence-electron chi connectivity index (χ0n) is 18.1. The summed E-state index contributed by atoms with van der Waals surface area (Å²) in [5, 5.41) is 7.02. The highest BCUT2D eigenvalue weighted by atomic mass is 32.2. The number of aryl methyl sites for hydroxylation is 1. The van der Waals surface area contributed by atoms with E-state index < -0.39 is 15.9 Å². The normalized spacial score (nSPS) is 12.8. The van der Waals surface area contributed by atoms with Crippen LogP contribution in [0, 0.1) is 0 Å². The van der Waals surface area contributed by atoms with Crippen molar-refractivity contribution in [1.29, 1.82) is 0 Å². The molecule has 1 aromatic heterocycles. The number of primary amides is 1. The lowest BCUT2D eigenvalue weighted by Gasteiger charge is -2.20. The Morgan fingerprint density at radius 2 is 1.85 bits per heavy atom. The largest absolute Gasteiger partial charge is 0.364 e. The molecule has 0 radical (unpaired) electrons. The molecule has 9 nitrogen and oxygen atoms in total. The molecule has 0 aliphatic heterocycles. The summed E-state index contributed by atoms with van der Waals surface area (Å²) < 4.78 is 27.6.